The van der Waals surface area contributed by atoms with E-state index in [1.54, 1.807) is 11.8 Å². The van der Waals surface area contributed by atoms with Gasteiger partial charge in [0.05, 0.1) is 5.75 Å². The first-order chi connectivity index (χ1) is 12.9. The smallest absolute Gasteiger partial charge is 0.242 e. The maximum atomic E-state index is 12.9. The zero-order valence-electron chi connectivity index (χ0n) is 15.9. The zero-order chi connectivity index (χ0) is 19.8. The molecule has 2 aromatic rings. The molecule has 0 radical (unpaired) electrons. The minimum absolute atomic E-state index is 0.0562. The molecule has 0 aliphatic rings. The maximum absolute atomic E-state index is 12.9. The highest BCUT2D eigenvalue weighted by Crippen LogP contribution is 2.21. The van der Waals surface area contributed by atoms with Gasteiger partial charge in [-0.05, 0) is 50.6 Å². The number of amides is 2. The van der Waals surface area contributed by atoms with Gasteiger partial charge in [-0.3, -0.25) is 9.59 Å². The van der Waals surface area contributed by atoms with Gasteiger partial charge >= 0.3 is 0 Å². The number of halogens is 1. The average molecular weight is 449 g/mol. The molecule has 2 rings (SSSR count). The second kappa shape index (κ2) is 10.5. The molecule has 0 bridgehead atoms. The van der Waals surface area contributed by atoms with E-state index in [1.165, 1.54) is 17.3 Å². The summed E-state index contributed by atoms with van der Waals surface area (Å²) in [5.41, 5.74) is 2.17. The highest BCUT2D eigenvalue weighted by Gasteiger charge is 2.25. The Labute approximate surface area is 173 Å². The molecule has 0 spiro atoms. The highest BCUT2D eigenvalue weighted by molar-refractivity contribution is 9.10. The van der Waals surface area contributed by atoms with Crippen LogP contribution in [0.2, 0.25) is 0 Å². The third-order valence-electron chi connectivity index (χ3n) is 4.14. The van der Waals surface area contributed by atoms with Crippen molar-refractivity contribution in [1.29, 1.82) is 0 Å². The van der Waals surface area contributed by atoms with E-state index in [9.17, 15) is 9.59 Å². The summed E-state index contributed by atoms with van der Waals surface area (Å²) in [5.74, 6) is 0.0985. The predicted octanol–water partition coefficient (Wildman–Crippen LogP) is 4.40. The van der Waals surface area contributed by atoms with Crippen LogP contribution in [-0.4, -0.2) is 35.1 Å². The first-order valence-corrected chi connectivity index (χ1v) is 10.7. The first-order valence-electron chi connectivity index (χ1n) is 8.91. The van der Waals surface area contributed by atoms with Crippen LogP contribution in [0.4, 0.5) is 0 Å². The number of carbonyl (C=O) groups is 2. The lowest BCUT2D eigenvalue weighted by atomic mass is 10.1. The standard InChI is InChI=1S/C21H25BrN2O2S/c1-4-23-21(26)16(3)24(13-17-6-5-7-18(22)12-17)20(25)14-27-19-10-8-15(2)9-11-19/h5-12,16H,4,13-14H2,1-3H3,(H,23,26)/t16-/m0/s1. The second-order valence-electron chi connectivity index (χ2n) is 6.32. The van der Waals surface area contributed by atoms with Gasteiger partial charge in [-0.15, -0.1) is 11.8 Å². The molecule has 2 aromatic carbocycles. The summed E-state index contributed by atoms with van der Waals surface area (Å²) >= 11 is 4.95. The fourth-order valence-electron chi connectivity index (χ4n) is 2.60. The SMILES string of the molecule is CCNC(=O)[C@H](C)N(Cc1cccc(Br)c1)C(=O)CSc1ccc(C)cc1. The van der Waals surface area contributed by atoms with Crippen LogP contribution in [-0.2, 0) is 16.1 Å². The molecule has 0 aliphatic carbocycles. The Morgan fingerprint density at radius 2 is 1.89 bits per heavy atom. The van der Waals surface area contributed by atoms with Crippen molar-refractivity contribution in [1.82, 2.24) is 10.2 Å². The molecular formula is C21H25BrN2O2S. The van der Waals surface area contributed by atoms with Crippen molar-refractivity contribution < 1.29 is 9.59 Å². The van der Waals surface area contributed by atoms with Gasteiger partial charge in [0.25, 0.3) is 0 Å². The molecular weight excluding hydrogens is 424 g/mol. The summed E-state index contributed by atoms with van der Waals surface area (Å²) in [6.07, 6.45) is 0. The molecule has 6 heteroatoms. The number of likely N-dealkylation sites (N-methyl/N-ethyl adjacent to an activating group) is 1. The summed E-state index contributed by atoms with van der Waals surface area (Å²) in [6, 6.07) is 15.4. The predicted molar refractivity (Wildman–Crippen MR) is 115 cm³/mol. The highest BCUT2D eigenvalue weighted by atomic mass is 79.9. The lowest BCUT2D eigenvalue weighted by Crippen LogP contribution is -2.48. The molecule has 0 aromatic heterocycles. The van der Waals surface area contributed by atoms with Crippen molar-refractivity contribution in [2.75, 3.05) is 12.3 Å². The Kier molecular flexibility index (Phi) is 8.38. The molecule has 0 saturated carbocycles. The molecule has 4 nitrogen and oxygen atoms in total. The molecule has 2 amide bonds. The third kappa shape index (κ3) is 6.70. The van der Waals surface area contributed by atoms with Crippen LogP contribution in [0.25, 0.3) is 0 Å². The topological polar surface area (TPSA) is 49.4 Å². The Bertz CT molecular complexity index is 780. The van der Waals surface area contributed by atoms with Crippen LogP contribution in [0.5, 0.6) is 0 Å². The van der Waals surface area contributed by atoms with E-state index in [1.807, 2.05) is 62.4 Å². The van der Waals surface area contributed by atoms with E-state index in [0.29, 0.717) is 18.8 Å². The number of rotatable bonds is 8. The number of nitrogens with one attached hydrogen (secondary N) is 1. The summed E-state index contributed by atoms with van der Waals surface area (Å²) < 4.78 is 0.951. The van der Waals surface area contributed by atoms with Gasteiger partial charge in [0.15, 0.2) is 0 Å². The lowest BCUT2D eigenvalue weighted by molar-refractivity contribution is -0.138. The largest absolute Gasteiger partial charge is 0.355 e. The van der Waals surface area contributed by atoms with E-state index in [2.05, 4.69) is 21.2 Å². The summed E-state index contributed by atoms with van der Waals surface area (Å²) in [4.78, 5) is 28.0. The number of carbonyl (C=O) groups excluding carboxylic acids is 2. The van der Waals surface area contributed by atoms with E-state index >= 15 is 0 Å². The van der Waals surface area contributed by atoms with E-state index in [4.69, 9.17) is 0 Å². The van der Waals surface area contributed by atoms with Crippen molar-refractivity contribution in [3.8, 4) is 0 Å². The van der Waals surface area contributed by atoms with E-state index < -0.39 is 6.04 Å². The van der Waals surface area contributed by atoms with Crippen LogP contribution in [0.1, 0.15) is 25.0 Å². The normalized spacial score (nSPS) is 11.7. The number of hydrogen-bond donors (Lipinski definition) is 1. The minimum Gasteiger partial charge on any atom is -0.355 e. The van der Waals surface area contributed by atoms with Gasteiger partial charge in [0.1, 0.15) is 6.04 Å². The number of nitrogens with zero attached hydrogens (tertiary/aromatic N) is 1. The third-order valence-corrected chi connectivity index (χ3v) is 5.63. The molecule has 0 fully saturated rings. The Morgan fingerprint density at radius 3 is 2.52 bits per heavy atom. The van der Waals surface area contributed by atoms with Crippen LogP contribution >= 0.6 is 27.7 Å². The first kappa shape index (κ1) is 21.5. The number of hydrogen-bond acceptors (Lipinski definition) is 3. The molecule has 1 N–H and O–H groups in total. The van der Waals surface area contributed by atoms with Crippen molar-refractivity contribution in [3.63, 3.8) is 0 Å². The van der Waals surface area contributed by atoms with Crippen molar-refractivity contribution in [3.05, 3.63) is 64.1 Å². The zero-order valence-corrected chi connectivity index (χ0v) is 18.3. The number of thioether (sulfide) groups is 1. The van der Waals surface area contributed by atoms with Crippen molar-refractivity contribution >= 4 is 39.5 Å². The maximum Gasteiger partial charge on any atom is 0.242 e. The number of aryl methyl sites for hydroxylation is 1. The molecule has 0 aliphatic heterocycles. The quantitative estimate of drug-likeness (QED) is 0.608. The molecule has 144 valence electrons. The molecule has 0 heterocycles. The van der Waals surface area contributed by atoms with Crippen LogP contribution < -0.4 is 5.32 Å². The van der Waals surface area contributed by atoms with E-state index in [0.717, 1.165) is 14.9 Å². The minimum atomic E-state index is -0.532. The summed E-state index contributed by atoms with van der Waals surface area (Å²) in [6.45, 7) is 6.62. The van der Waals surface area contributed by atoms with Crippen LogP contribution in [0, 0.1) is 6.92 Å². The van der Waals surface area contributed by atoms with Crippen LogP contribution in [0.15, 0.2) is 57.9 Å². The van der Waals surface area contributed by atoms with Gasteiger partial charge in [0.2, 0.25) is 11.8 Å². The summed E-state index contributed by atoms with van der Waals surface area (Å²) in [5, 5.41) is 2.81. The second-order valence-corrected chi connectivity index (χ2v) is 8.29. The van der Waals surface area contributed by atoms with Gasteiger partial charge < -0.3 is 10.2 Å². The Balaban J connectivity index is 2.12. The molecule has 0 unspecified atom stereocenters. The lowest BCUT2D eigenvalue weighted by Gasteiger charge is -2.28. The van der Waals surface area contributed by atoms with Crippen molar-refractivity contribution in [2.45, 2.75) is 38.3 Å². The molecule has 0 saturated heterocycles. The van der Waals surface area contributed by atoms with Gasteiger partial charge in [-0.2, -0.15) is 0 Å². The Hall–Kier alpha value is -1.79. The van der Waals surface area contributed by atoms with Gasteiger partial charge in [-0.25, -0.2) is 0 Å². The number of benzene rings is 2. The fraction of sp³-hybridized carbons (Fsp3) is 0.333. The van der Waals surface area contributed by atoms with Crippen LogP contribution in [0.3, 0.4) is 0 Å². The monoisotopic (exact) mass is 448 g/mol. The van der Waals surface area contributed by atoms with Gasteiger partial charge in [-0.1, -0.05) is 45.8 Å². The fourth-order valence-corrected chi connectivity index (χ4v) is 3.83. The van der Waals surface area contributed by atoms with Crippen molar-refractivity contribution in [2.24, 2.45) is 0 Å². The van der Waals surface area contributed by atoms with E-state index in [-0.39, 0.29) is 11.8 Å². The van der Waals surface area contributed by atoms with Gasteiger partial charge in [0, 0.05) is 22.5 Å². The Morgan fingerprint density at radius 1 is 1.19 bits per heavy atom. The average Bonchev–Trinajstić information content (AvgIpc) is 2.65. The molecule has 1 atom stereocenters. The summed E-state index contributed by atoms with van der Waals surface area (Å²) in [7, 11) is 0. The molecule has 27 heavy (non-hydrogen) atoms.